The second kappa shape index (κ2) is 7.29. The van der Waals surface area contributed by atoms with Crippen molar-refractivity contribution in [1.82, 2.24) is 0 Å². The topological polar surface area (TPSA) is 65.2 Å². The highest BCUT2D eigenvalue weighted by atomic mass is 32.2. The fourth-order valence-electron chi connectivity index (χ4n) is 0.240. The summed E-state index contributed by atoms with van der Waals surface area (Å²) in [6.45, 7) is 0. The molecule has 0 heterocycles. The van der Waals surface area contributed by atoms with Crippen molar-refractivity contribution >= 4 is 24.2 Å². The molecule has 0 aromatic rings. The summed E-state index contributed by atoms with van der Waals surface area (Å²) in [6.07, 6.45) is 2.74. The van der Waals surface area contributed by atoms with Gasteiger partial charge in [-0.2, -0.15) is 11.8 Å². The molecule has 0 aromatic heterocycles. The molecule has 0 saturated heterocycles. The first-order valence-electron chi connectivity index (χ1n) is 2.31. The van der Waals surface area contributed by atoms with Gasteiger partial charge < -0.3 is 10.4 Å². The van der Waals surface area contributed by atoms with Gasteiger partial charge in [0.1, 0.15) is 0 Å². The average molecular weight is 148 g/mol. The van der Waals surface area contributed by atoms with Crippen LogP contribution in [0.25, 0.3) is 0 Å². The lowest BCUT2D eigenvalue weighted by Gasteiger charge is -1.85. The Bertz CT molecular complexity index is 92.7. The van der Waals surface area contributed by atoms with Crippen LogP contribution in [0.5, 0.6) is 0 Å². The summed E-state index contributed by atoms with van der Waals surface area (Å²) in [5.74, 6) is 1.25. The van der Waals surface area contributed by atoms with Gasteiger partial charge in [-0.15, -0.1) is 10.3 Å². The van der Waals surface area contributed by atoms with E-state index in [1.54, 1.807) is 0 Å². The summed E-state index contributed by atoms with van der Waals surface area (Å²) in [7, 11) is 0. The first-order valence-corrected chi connectivity index (χ1v) is 3.46. The van der Waals surface area contributed by atoms with Gasteiger partial charge in [-0.3, -0.25) is 0 Å². The van der Waals surface area contributed by atoms with Crippen LogP contribution in [-0.4, -0.2) is 34.3 Å². The van der Waals surface area contributed by atoms with Crippen LogP contribution in [0.3, 0.4) is 0 Å². The molecule has 0 atom stereocenters. The SMILES string of the molecule is O/N=C/CSC/C=N/O. The molecule has 0 amide bonds. The Morgan fingerprint density at radius 2 is 1.56 bits per heavy atom. The normalized spacial score (nSPS) is 11.6. The highest BCUT2D eigenvalue weighted by Gasteiger charge is 1.79. The van der Waals surface area contributed by atoms with Crippen LogP contribution >= 0.6 is 11.8 Å². The van der Waals surface area contributed by atoms with E-state index in [9.17, 15) is 0 Å². The minimum absolute atomic E-state index is 0.628. The molecule has 0 radical (unpaired) electrons. The largest absolute Gasteiger partial charge is 0.411 e. The van der Waals surface area contributed by atoms with Gasteiger partial charge in [-0.1, -0.05) is 0 Å². The van der Waals surface area contributed by atoms with E-state index in [0.717, 1.165) is 0 Å². The van der Waals surface area contributed by atoms with E-state index in [2.05, 4.69) is 10.3 Å². The Morgan fingerprint density at radius 1 is 1.11 bits per heavy atom. The lowest BCUT2D eigenvalue weighted by Crippen LogP contribution is -1.84. The second-order valence-electron chi connectivity index (χ2n) is 1.13. The van der Waals surface area contributed by atoms with Crippen LogP contribution in [0.4, 0.5) is 0 Å². The van der Waals surface area contributed by atoms with Gasteiger partial charge in [0.25, 0.3) is 0 Å². The van der Waals surface area contributed by atoms with Crippen LogP contribution in [0.1, 0.15) is 0 Å². The minimum atomic E-state index is 0.628. The number of oxime groups is 2. The van der Waals surface area contributed by atoms with Crippen LogP contribution in [0.15, 0.2) is 10.3 Å². The fraction of sp³-hybridized carbons (Fsp3) is 0.500. The van der Waals surface area contributed by atoms with Crippen molar-refractivity contribution < 1.29 is 10.4 Å². The Balaban J connectivity index is 2.91. The zero-order chi connectivity index (χ0) is 6.95. The van der Waals surface area contributed by atoms with E-state index in [1.807, 2.05) is 0 Å². The van der Waals surface area contributed by atoms with Crippen molar-refractivity contribution in [3.63, 3.8) is 0 Å². The van der Waals surface area contributed by atoms with E-state index >= 15 is 0 Å². The third kappa shape index (κ3) is 7.29. The van der Waals surface area contributed by atoms with E-state index in [4.69, 9.17) is 10.4 Å². The first-order chi connectivity index (χ1) is 4.41. The molecule has 4 nitrogen and oxygen atoms in total. The molecule has 0 aromatic carbocycles. The molecular formula is C4H8N2O2S. The number of thioether (sulfide) groups is 1. The highest BCUT2D eigenvalue weighted by molar-refractivity contribution is 8.00. The van der Waals surface area contributed by atoms with Crippen molar-refractivity contribution in [2.24, 2.45) is 10.3 Å². The fourth-order valence-corrected chi connectivity index (χ4v) is 0.720. The summed E-state index contributed by atoms with van der Waals surface area (Å²) in [5, 5.41) is 21.4. The molecule has 0 rings (SSSR count). The van der Waals surface area contributed by atoms with Crippen molar-refractivity contribution in [3.05, 3.63) is 0 Å². The molecule has 0 fully saturated rings. The molecule has 0 aliphatic carbocycles. The Kier molecular flexibility index (Phi) is 6.71. The van der Waals surface area contributed by atoms with Gasteiger partial charge >= 0.3 is 0 Å². The van der Waals surface area contributed by atoms with Crippen LogP contribution in [0.2, 0.25) is 0 Å². The number of hydrogen-bond donors (Lipinski definition) is 2. The monoisotopic (exact) mass is 148 g/mol. The Morgan fingerprint density at radius 3 is 1.89 bits per heavy atom. The molecular weight excluding hydrogens is 140 g/mol. The van der Waals surface area contributed by atoms with Gasteiger partial charge in [-0.05, 0) is 0 Å². The van der Waals surface area contributed by atoms with Crippen molar-refractivity contribution in [3.8, 4) is 0 Å². The zero-order valence-corrected chi connectivity index (χ0v) is 5.58. The van der Waals surface area contributed by atoms with Crippen LogP contribution < -0.4 is 0 Å². The average Bonchev–Trinajstić information content (AvgIpc) is 1.89. The summed E-state index contributed by atoms with van der Waals surface area (Å²) in [4.78, 5) is 0. The lowest BCUT2D eigenvalue weighted by molar-refractivity contribution is 0.321. The van der Waals surface area contributed by atoms with Gasteiger partial charge in [0, 0.05) is 11.5 Å². The summed E-state index contributed by atoms with van der Waals surface area (Å²) < 4.78 is 0. The maximum Gasteiger partial charge on any atom is 0.0535 e. The summed E-state index contributed by atoms with van der Waals surface area (Å²) in [5.41, 5.74) is 0. The molecule has 0 unspecified atom stereocenters. The van der Waals surface area contributed by atoms with Gasteiger partial charge in [0.2, 0.25) is 0 Å². The lowest BCUT2D eigenvalue weighted by atomic mass is 10.9. The predicted octanol–water partition coefficient (Wildman–Crippen LogP) is 0.640. The number of nitrogens with zero attached hydrogens (tertiary/aromatic N) is 2. The number of rotatable bonds is 4. The molecule has 9 heavy (non-hydrogen) atoms. The minimum Gasteiger partial charge on any atom is -0.411 e. The molecule has 52 valence electrons. The highest BCUT2D eigenvalue weighted by Crippen LogP contribution is 1.92. The maximum absolute atomic E-state index is 7.90. The van der Waals surface area contributed by atoms with Crippen molar-refractivity contribution in [2.45, 2.75) is 0 Å². The van der Waals surface area contributed by atoms with E-state index in [0.29, 0.717) is 11.5 Å². The van der Waals surface area contributed by atoms with Crippen LogP contribution in [-0.2, 0) is 0 Å². The molecule has 0 aliphatic rings. The van der Waals surface area contributed by atoms with Crippen LogP contribution in [0, 0.1) is 0 Å². The molecule has 0 saturated carbocycles. The third-order valence-corrected chi connectivity index (χ3v) is 1.32. The molecule has 0 aliphatic heterocycles. The molecule has 5 heteroatoms. The van der Waals surface area contributed by atoms with Gasteiger partial charge in [0.05, 0.1) is 12.4 Å². The van der Waals surface area contributed by atoms with Crippen molar-refractivity contribution in [1.29, 1.82) is 0 Å². The number of hydrogen-bond acceptors (Lipinski definition) is 5. The molecule has 0 spiro atoms. The second-order valence-corrected chi connectivity index (χ2v) is 2.21. The predicted molar refractivity (Wildman–Crippen MR) is 37.9 cm³/mol. The third-order valence-electron chi connectivity index (χ3n) is 0.548. The van der Waals surface area contributed by atoms with Crippen molar-refractivity contribution in [2.75, 3.05) is 11.5 Å². The Hall–Kier alpha value is -0.710. The van der Waals surface area contributed by atoms with E-state index in [1.165, 1.54) is 24.2 Å². The van der Waals surface area contributed by atoms with Gasteiger partial charge in [-0.25, -0.2) is 0 Å². The molecule has 0 bridgehead atoms. The first kappa shape index (κ1) is 8.29. The summed E-state index contributed by atoms with van der Waals surface area (Å²) in [6, 6.07) is 0. The smallest absolute Gasteiger partial charge is 0.0535 e. The summed E-state index contributed by atoms with van der Waals surface area (Å²) >= 11 is 1.48. The Labute approximate surface area is 57.2 Å². The van der Waals surface area contributed by atoms with E-state index in [-0.39, 0.29) is 0 Å². The maximum atomic E-state index is 7.90. The van der Waals surface area contributed by atoms with E-state index < -0.39 is 0 Å². The molecule has 2 N–H and O–H groups in total. The zero-order valence-electron chi connectivity index (χ0n) is 4.77. The van der Waals surface area contributed by atoms with Gasteiger partial charge in [0.15, 0.2) is 0 Å². The standard InChI is InChI=1S/C4H8N2O2S/c7-5-1-3-9-4-2-6-8/h1-2,7-8H,3-4H2/b5-1+,6-2+. The quantitative estimate of drug-likeness (QED) is 0.266.